The lowest BCUT2D eigenvalue weighted by molar-refractivity contribution is 0.154. The van der Waals surface area contributed by atoms with E-state index < -0.39 is 0 Å². The average Bonchev–Trinajstić information content (AvgIpc) is 3.20. The predicted molar refractivity (Wildman–Crippen MR) is 113 cm³/mol. The Balaban J connectivity index is 1.33. The quantitative estimate of drug-likeness (QED) is 0.694. The van der Waals surface area contributed by atoms with Crippen LogP contribution in [0.3, 0.4) is 0 Å². The third kappa shape index (κ3) is 3.40. The van der Waals surface area contributed by atoms with Crippen molar-refractivity contribution >= 4 is 28.2 Å². The molecule has 2 saturated heterocycles. The molecule has 2 atom stereocenters. The van der Waals surface area contributed by atoms with E-state index in [2.05, 4.69) is 38.0 Å². The number of aryl methyl sites for hydroxylation is 1. The minimum atomic E-state index is 0.604. The van der Waals surface area contributed by atoms with E-state index in [0.29, 0.717) is 5.95 Å². The van der Waals surface area contributed by atoms with Gasteiger partial charge in [0, 0.05) is 41.5 Å². The molecule has 28 heavy (non-hydrogen) atoms. The van der Waals surface area contributed by atoms with E-state index in [1.165, 1.54) is 32.1 Å². The first-order chi connectivity index (χ1) is 13.7. The lowest BCUT2D eigenvalue weighted by atomic mass is 10.0. The Morgan fingerprint density at radius 1 is 1.21 bits per heavy atom. The number of aromatic nitrogens is 4. The zero-order valence-electron chi connectivity index (χ0n) is 16.1. The van der Waals surface area contributed by atoms with Crippen LogP contribution in [0, 0.1) is 6.92 Å². The summed E-state index contributed by atoms with van der Waals surface area (Å²) in [5.74, 6) is 0.604. The standard InChI is InChI=1S/C21H24N6S/c1-13(12-27-17-4-3-5-18(27)9-8-17)23-21-22-11-16-7-6-15(10-19(16)24-21)20-26-25-14(2)28-20/h6-7,10-11,17-18H,1,3-5,8-9,12H2,2H3,(H,22,23,24). The Kier molecular flexibility index (Phi) is 4.56. The summed E-state index contributed by atoms with van der Waals surface area (Å²) >= 11 is 1.59. The Bertz CT molecular complexity index is 1010. The van der Waals surface area contributed by atoms with Crippen LogP contribution in [0.5, 0.6) is 0 Å². The van der Waals surface area contributed by atoms with Crippen molar-refractivity contribution in [1.29, 1.82) is 0 Å². The fourth-order valence-corrected chi connectivity index (χ4v) is 5.22. The van der Waals surface area contributed by atoms with Crippen molar-refractivity contribution in [2.75, 3.05) is 11.9 Å². The van der Waals surface area contributed by atoms with Crippen molar-refractivity contribution in [3.63, 3.8) is 0 Å². The summed E-state index contributed by atoms with van der Waals surface area (Å²) < 4.78 is 0. The van der Waals surface area contributed by atoms with Crippen LogP contribution in [0.4, 0.5) is 5.95 Å². The lowest BCUT2D eigenvalue weighted by Crippen LogP contribution is -2.41. The van der Waals surface area contributed by atoms with Crippen LogP contribution in [0.2, 0.25) is 0 Å². The van der Waals surface area contributed by atoms with Gasteiger partial charge in [0.1, 0.15) is 10.0 Å². The van der Waals surface area contributed by atoms with Gasteiger partial charge in [-0.2, -0.15) is 0 Å². The van der Waals surface area contributed by atoms with Crippen molar-refractivity contribution in [2.45, 2.75) is 51.1 Å². The summed E-state index contributed by atoms with van der Waals surface area (Å²) in [6.07, 6.45) is 8.54. The number of nitrogens with zero attached hydrogens (tertiary/aromatic N) is 5. The number of piperidine rings is 1. The van der Waals surface area contributed by atoms with Crippen molar-refractivity contribution in [3.8, 4) is 10.6 Å². The second-order valence-electron chi connectivity index (χ2n) is 7.81. The van der Waals surface area contributed by atoms with Gasteiger partial charge in [0.2, 0.25) is 5.95 Å². The van der Waals surface area contributed by atoms with Crippen LogP contribution < -0.4 is 5.32 Å². The smallest absolute Gasteiger partial charge is 0.227 e. The molecule has 2 bridgehead atoms. The van der Waals surface area contributed by atoms with Crippen LogP contribution >= 0.6 is 11.3 Å². The second-order valence-corrected chi connectivity index (χ2v) is 8.99. The van der Waals surface area contributed by atoms with Gasteiger partial charge >= 0.3 is 0 Å². The number of nitrogens with one attached hydrogen (secondary N) is 1. The fourth-order valence-electron chi connectivity index (χ4n) is 4.53. The van der Waals surface area contributed by atoms with Crippen LogP contribution in [-0.4, -0.2) is 43.7 Å². The molecule has 2 aliphatic heterocycles. The van der Waals surface area contributed by atoms with Crippen molar-refractivity contribution < 1.29 is 0 Å². The first kappa shape index (κ1) is 17.7. The molecular formula is C21H24N6S. The van der Waals surface area contributed by atoms with E-state index in [9.17, 15) is 0 Å². The zero-order chi connectivity index (χ0) is 19.1. The number of hydrogen-bond acceptors (Lipinski definition) is 7. The topological polar surface area (TPSA) is 66.8 Å². The van der Waals surface area contributed by atoms with Gasteiger partial charge in [0.15, 0.2) is 0 Å². The molecule has 3 aromatic rings. The van der Waals surface area contributed by atoms with Gasteiger partial charge in [-0.1, -0.05) is 36.5 Å². The van der Waals surface area contributed by atoms with Gasteiger partial charge in [-0.3, -0.25) is 4.90 Å². The van der Waals surface area contributed by atoms with E-state index in [1.54, 1.807) is 11.3 Å². The third-order valence-corrected chi connectivity index (χ3v) is 6.75. The van der Waals surface area contributed by atoms with Crippen LogP contribution in [0.1, 0.15) is 37.1 Å². The van der Waals surface area contributed by atoms with E-state index in [1.807, 2.05) is 25.3 Å². The van der Waals surface area contributed by atoms with Gasteiger partial charge in [-0.05, 0) is 38.7 Å². The first-order valence-corrected chi connectivity index (χ1v) is 10.8. The largest absolute Gasteiger partial charge is 0.327 e. The van der Waals surface area contributed by atoms with Crippen molar-refractivity contribution in [1.82, 2.24) is 25.1 Å². The van der Waals surface area contributed by atoms with Gasteiger partial charge in [-0.25, -0.2) is 9.97 Å². The summed E-state index contributed by atoms with van der Waals surface area (Å²) in [5, 5.41) is 14.6. The third-order valence-electron chi connectivity index (χ3n) is 5.86. The molecule has 0 saturated carbocycles. The summed E-state index contributed by atoms with van der Waals surface area (Å²) in [7, 11) is 0. The summed E-state index contributed by atoms with van der Waals surface area (Å²) in [5.41, 5.74) is 2.90. The molecule has 6 nitrogen and oxygen atoms in total. The second kappa shape index (κ2) is 7.22. The van der Waals surface area contributed by atoms with Gasteiger partial charge in [0.05, 0.1) is 5.52 Å². The van der Waals surface area contributed by atoms with Gasteiger partial charge in [-0.15, -0.1) is 10.2 Å². The number of hydrogen-bond donors (Lipinski definition) is 1. The molecule has 5 rings (SSSR count). The normalized spacial score (nSPS) is 21.9. The lowest BCUT2D eigenvalue weighted by Gasteiger charge is -2.35. The van der Waals surface area contributed by atoms with E-state index in [-0.39, 0.29) is 0 Å². The molecule has 0 spiro atoms. The molecule has 2 fully saturated rings. The minimum absolute atomic E-state index is 0.604. The number of rotatable bonds is 5. The molecule has 1 aromatic carbocycles. The average molecular weight is 393 g/mol. The van der Waals surface area contributed by atoms with Crippen molar-refractivity contribution in [2.24, 2.45) is 0 Å². The van der Waals surface area contributed by atoms with E-state index in [4.69, 9.17) is 4.98 Å². The maximum atomic E-state index is 4.71. The summed E-state index contributed by atoms with van der Waals surface area (Å²) in [6, 6.07) is 7.59. The number of anilines is 1. The Labute approximate surface area is 168 Å². The molecule has 4 heterocycles. The maximum Gasteiger partial charge on any atom is 0.227 e. The Hall–Kier alpha value is -2.38. The monoisotopic (exact) mass is 392 g/mol. The SMILES string of the molecule is C=C(CN1C2CCCC1CC2)Nc1ncc2ccc(-c3nnc(C)s3)cc2n1. The highest BCUT2D eigenvalue weighted by molar-refractivity contribution is 7.14. The molecular weight excluding hydrogens is 368 g/mol. The number of benzene rings is 1. The Morgan fingerprint density at radius 3 is 2.79 bits per heavy atom. The number of fused-ring (bicyclic) bond motifs is 3. The molecule has 1 N–H and O–H groups in total. The first-order valence-electron chi connectivity index (χ1n) is 9.93. The highest BCUT2D eigenvalue weighted by Gasteiger charge is 2.36. The van der Waals surface area contributed by atoms with Gasteiger partial charge < -0.3 is 5.32 Å². The minimum Gasteiger partial charge on any atom is -0.327 e. The van der Waals surface area contributed by atoms with Gasteiger partial charge in [0.25, 0.3) is 0 Å². The summed E-state index contributed by atoms with van der Waals surface area (Å²) in [6.45, 7) is 7.08. The molecule has 0 aliphatic carbocycles. The molecule has 2 aliphatic rings. The van der Waals surface area contributed by atoms with E-state index in [0.717, 1.165) is 50.8 Å². The molecule has 2 aromatic heterocycles. The summed E-state index contributed by atoms with van der Waals surface area (Å²) in [4.78, 5) is 11.8. The molecule has 2 unspecified atom stereocenters. The van der Waals surface area contributed by atoms with E-state index >= 15 is 0 Å². The molecule has 0 amide bonds. The van der Waals surface area contributed by atoms with Crippen LogP contribution in [0.15, 0.2) is 36.7 Å². The van der Waals surface area contributed by atoms with Crippen LogP contribution in [0.25, 0.3) is 21.5 Å². The maximum absolute atomic E-state index is 4.71. The highest BCUT2D eigenvalue weighted by atomic mass is 32.1. The molecule has 144 valence electrons. The van der Waals surface area contributed by atoms with Crippen molar-refractivity contribution in [3.05, 3.63) is 41.7 Å². The van der Waals surface area contributed by atoms with Crippen LogP contribution in [-0.2, 0) is 0 Å². The Morgan fingerprint density at radius 2 is 2.04 bits per heavy atom. The molecule has 0 radical (unpaired) electrons. The molecule has 7 heteroatoms. The highest BCUT2D eigenvalue weighted by Crippen LogP contribution is 2.35. The predicted octanol–water partition coefficient (Wildman–Crippen LogP) is 4.40. The fraction of sp³-hybridized carbons (Fsp3) is 0.429. The zero-order valence-corrected chi connectivity index (χ0v) is 16.9.